The fourth-order valence-electron chi connectivity index (χ4n) is 2.89. The summed E-state index contributed by atoms with van der Waals surface area (Å²) in [5, 5.41) is 10.1. The van der Waals surface area contributed by atoms with E-state index in [-0.39, 0.29) is 5.92 Å². The van der Waals surface area contributed by atoms with Gasteiger partial charge in [-0.25, -0.2) is 8.42 Å². The summed E-state index contributed by atoms with van der Waals surface area (Å²) in [6, 6.07) is 8.45. The number of rotatable bonds is 5. The third kappa shape index (κ3) is 2.23. The molecule has 0 amide bonds. The van der Waals surface area contributed by atoms with Crippen molar-refractivity contribution in [2.24, 2.45) is 5.92 Å². The van der Waals surface area contributed by atoms with Gasteiger partial charge in [-0.2, -0.15) is 0 Å². The van der Waals surface area contributed by atoms with E-state index in [2.05, 4.69) is 6.58 Å². The van der Waals surface area contributed by atoms with Crippen LogP contribution in [0.2, 0.25) is 0 Å². The number of hydrogen-bond acceptors (Lipinski definition) is 3. The van der Waals surface area contributed by atoms with Crippen molar-refractivity contribution in [1.29, 1.82) is 0 Å². The Kier molecular flexibility index (Phi) is 3.35. The lowest BCUT2D eigenvalue weighted by Gasteiger charge is -2.23. The van der Waals surface area contributed by atoms with Crippen LogP contribution < -0.4 is 0 Å². The van der Waals surface area contributed by atoms with Gasteiger partial charge in [0, 0.05) is 5.92 Å². The summed E-state index contributed by atoms with van der Waals surface area (Å²) < 4.78 is 24.7. The Labute approximate surface area is 114 Å². The molecule has 1 aliphatic carbocycles. The average Bonchev–Trinajstić information content (AvgIpc) is 3.07. The molecular formula is C15H20O3S. The first-order valence-electron chi connectivity index (χ1n) is 6.39. The molecule has 104 valence electrons. The van der Waals surface area contributed by atoms with Crippen LogP contribution >= 0.6 is 0 Å². The highest BCUT2D eigenvalue weighted by Gasteiger charge is 2.67. The van der Waals surface area contributed by atoms with E-state index >= 15 is 0 Å². The van der Waals surface area contributed by atoms with Crippen LogP contribution in [-0.2, 0) is 9.84 Å². The molecule has 1 aromatic carbocycles. The number of aliphatic hydroxyl groups is 1. The van der Waals surface area contributed by atoms with E-state index in [1.165, 1.54) is 0 Å². The molecule has 3 nitrogen and oxygen atoms in total. The number of hydrogen-bond donors (Lipinski definition) is 1. The first kappa shape index (κ1) is 14.3. The third-order valence-electron chi connectivity index (χ3n) is 3.96. The van der Waals surface area contributed by atoms with Crippen LogP contribution in [0.4, 0.5) is 0 Å². The number of allylic oxidation sites excluding steroid dienone is 1. The summed E-state index contributed by atoms with van der Waals surface area (Å²) in [6.45, 7) is 7.00. The van der Waals surface area contributed by atoms with E-state index in [1.807, 2.05) is 0 Å². The zero-order valence-electron chi connectivity index (χ0n) is 11.3. The van der Waals surface area contributed by atoms with Gasteiger partial charge >= 0.3 is 0 Å². The molecule has 19 heavy (non-hydrogen) atoms. The van der Waals surface area contributed by atoms with E-state index < -0.39 is 20.2 Å². The fourth-order valence-corrected chi connectivity index (χ4v) is 5.26. The Bertz CT molecular complexity index is 569. The molecule has 1 N–H and O–H groups in total. The minimum absolute atomic E-state index is 0.247. The van der Waals surface area contributed by atoms with Crippen molar-refractivity contribution in [3.8, 4) is 0 Å². The first-order chi connectivity index (χ1) is 8.75. The van der Waals surface area contributed by atoms with E-state index in [1.54, 1.807) is 50.3 Å². The minimum atomic E-state index is -3.45. The van der Waals surface area contributed by atoms with Crippen molar-refractivity contribution in [2.75, 3.05) is 0 Å². The van der Waals surface area contributed by atoms with Gasteiger partial charge in [-0.05, 0) is 38.8 Å². The summed E-state index contributed by atoms with van der Waals surface area (Å²) in [5.41, 5.74) is -0.995. The van der Waals surface area contributed by atoms with Gasteiger partial charge in [0.05, 0.1) is 15.2 Å². The normalized spacial score (nSPS) is 27.0. The van der Waals surface area contributed by atoms with Crippen molar-refractivity contribution >= 4 is 9.84 Å². The minimum Gasteiger partial charge on any atom is -0.390 e. The maximum atomic E-state index is 12.8. The Morgan fingerprint density at radius 2 is 2.00 bits per heavy atom. The number of sulfone groups is 1. The van der Waals surface area contributed by atoms with E-state index in [0.29, 0.717) is 17.7 Å². The van der Waals surface area contributed by atoms with Crippen LogP contribution in [0.3, 0.4) is 0 Å². The van der Waals surface area contributed by atoms with Crippen molar-refractivity contribution in [2.45, 2.75) is 41.9 Å². The van der Waals surface area contributed by atoms with Gasteiger partial charge in [-0.1, -0.05) is 24.3 Å². The molecule has 2 atom stereocenters. The molecule has 1 saturated carbocycles. The molecule has 0 unspecified atom stereocenters. The summed E-state index contributed by atoms with van der Waals surface area (Å²) >= 11 is 0. The molecule has 1 aliphatic rings. The molecule has 0 aromatic heterocycles. The Morgan fingerprint density at radius 3 is 2.42 bits per heavy atom. The summed E-state index contributed by atoms with van der Waals surface area (Å²) in [5.74, 6) is -0.247. The lowest BCUT2D eigenvalue weighted by Crippen LogP contribution is -2.34. The van der Waals surface area contributed by atoms with Gasteiger partial charge < -0.3 is 5.11 Å². The zero-order chi connectivity index (χ0) is 14.3. The van der Waals surface area contributed by atoms with Gasteiger partial charge in [0.1, 0.15) is 0 Å². The van der Waals surface area contributed by atoms with Gasteiger partial charge in [-0.3, -0.25) is 0 Å². The lowest BCUT2D eigenvalue weighted by atomic mass is 10.0. The molecule has 0 heterocycles. The second kappa shape index (κ2) is 4.46. The Morgan fingerprint density at radius 1 is 1.42 bits per heavy atom. The molecule has 0 aliphatic heterocycles. The van der Waals surface area contributed by atoms with Crippen molar-refractivity contribution in [3.63, 3.8) is 0 Å². The van der Waals surface area contributed by atoms with Crippen LogP contribution in [0, 0.1) is 5.92 Å². The van der Waals surface area contributed by atoms with Gasteiger partial charge in [0.25, 0.3) is 0 Å². The largest absolute Gasteiger partial charge is 0.390 e. The summed E-state index contributed by atoms with van der Waals surface area (Å²) in [6.07, 6.45) is 2.49. The zero-order valence-corrected chi connectivity index (χ0v) is 12.2. The average molecular weight is 280 g/mol. The fraction of sp³-hybridized carbons (Fsp3) is 0.467. The molecule has 1 aromatic rings. The second-order valence-corrected chi connectivity index (χ2v) is 8.08. The number of benzene rings is 1. The Hall–Kier alpha value is -1.13. The molecule has 0 saturated heterocycles. The highest BCUT2D eigenvalue weighted by Crippen LogP contribution is 2.59. The molecule has 4 heteroatoms. The second-order valence-electron chi connectivity index (χ2n) is 5.78. The van der Waals surface area contributed by atoms with E-state index in [9.17, 15) is 13.5 Å². The predicted molar refractivity (Wildman–Crippen MR) is 75.6 cm³/mol. The molecule has 0 bridgehead atoms. The van der Waals surface area contributed by atoms with Crippen LogP contribution in [-0.4, -0.2) is 23.9 Å². The first-order valence-corrected chi connectivity index (χ1v) is 7.87. The van der Waals surface area contributed by atoms with Gasteiger partial charge in [-0.15, -0.1) is 6.58 Å². The van der Waals surface area contributed by atoms with Crippen LogP contribution in [0.25, 0.3) is 0 Å². The highest BCUT2D eigenvalue weighted by atomic mass is 32.2. The standard InChI is InChI=1S/C15H20O3S/c1-4-10-15(11-13(15)14(2,3)16)19(17,18)12-8-6-5-7-9-12/h4-9,13,16H,1,10-11H2,2-3H3/t13-,15+/m1/s1. The summed E-state index contributed by atoms with van der Waals surface area (Å²) in [4.78, 5) is 0.323. The van der Waals surface area contributed by atoms with Crippen LogP contribution in [0.5, 0.6) is 0 Å². The smallest absolute Gasteiger partial charge is 0.184 e. The van der Waals surface area contributed by atoms with Crippen molar-refractivity contribution in [1.82, 2.24) is 0 Å². The highest BCUT2D eigenvalue weighted by molar-refractivity contribution is 7.93. The maximum absolute atomic E-state index is 12.8. The maximum Gasteiger partial charge on any atom is 0.184 e. The Balaban J connectivity index is 2.46. The van der Waals surface area contributed by atoms with E-state index in [0.717, 1.165) is 0 Å². The SMILES string of the molecule is C=CC[C@]1(S(=O)(=O)c2ccccc2)C[C@@H]1C(C)(C)O. The van der Waals surface area contributed by atoms with Gasteiger partial charge in [0.2, 0.25) is 0 Å². The van der Waals surface area contributed by atoms with E-state index in [4.69, 9.17) is 0 Å². The van der Waals surface area contributed by atoms with Crippen LogP contribution in [0.1, 0.15) is 26.7 Å². The molecule has 2 rings (SSSR count). The lowest BCUT2D eigenvalue weighted by molar-refractivity contribution is 0.0527. The molecule has 0 radical (unpaired) electrons. The third-order valence-corrected chi connectivity index (χ3v) is 6.54. The predicted octanol–water partition coefficient (Wildman–Crippen LogP) is 2.57. The van der Waals surface area contributed by atoms with Gasteiger partial charge in [0.15, 0.2) is 9.84 Å². The van der Waals surface area contributed by atoms with Crippen molar-refractivity contribution in [3.05, 3.63) is 43.0 Å². The molecule has 1 fully saturated rings. The van der Waals surface area contributed by atoms with Crippen molar-refractivity contribution < 1.29 is 13.5 Å². The summed E-state index contributed by atoms with van der Waals surface area (Å²) in [7, 11) is -3.45. The monoisotopic (exact) mass is 280 g/mol. The quantitative estimate of drug-likeness (QED) is 0.843. The molecule has 0 spiro atoms. The topological polar surface area (TPSA) is 54.4 Å². The molecular weight excluding hydrogens is 260 g/mol. The van der Waals surface area contributed by atoms with Crippen LogP contribution in [0.15, 0.2) is 47.9 Å².